The summed E-state index contributed by atoms with van der Waals surface area (Å²) in [4.78, 5) is 7.08. The molecule has 2 heterocycles. The van der Waals surface area contributed by atoms with E-state index in [1.807, 2.05) is 0 Å². The Morgan fingerprint density at radius 2 is 2.41 bits per heavy atom. The van der Waals surface area contributed by atoms with Gasteiger partial charge in [-0.1, -0.05) is 13.8 Å². The molecule has 0 radical (unpaired) electrons. The number of aryl methyl sites for hydroxylation is 1. The first kappa shape index (κ1) is 13.0. The van der Waals surface area contributed by atoms with Crippen molar-refractivity contribution in [1.82, 2.24) is 15.2 Å². The zero-order valence-electron chi connectivity index (χ0n) is 11.1. The van der Waals surface area contributed by atoms with Crippen LogP contribution < -0.4 is 5.32 Å². The second kappa shape index (κ2) is 5.94. The van der Waals surface area contributed by atoms with Crippen LogP contribution in [0.2, 0.25) is 0 Å². The maximum atomic E-state index is 4.55. The molecule has 0 amide bonds. The minimum atomic E-state index is 0.657. The number of hydrogen-bond acceptors (Lipinski definition) is 4. The summed E-state index contributed by atoms with van der Waals surface area (Å²) in [7, 11) is 0. The molecule has 3 nitrogen and oxygen atoms in total. The van der Waals surface area contributed by atoms with Crippen molar-refractivity contribution in [3.05, 3.63) is 16.1 Å². The van der Waals surface area contributed by atoms with Crippen LogP contribution in [0.25, 0.3) is 0 Å². The van der Waals surface area contributed by atoms with Gasteiger partial charge in [-0.05, 0) is 19.3 Å². The highest BCUT2D eigenvalue weighted by Crippen LogP contribution is 2.15. The van der Waals surface area contributed by atoms with Crippen LogP contribution in [0.15, 0.2) is 5.38 Å². The van der Waals surface area contributed by atoms with Crippen molar-refractivity contribution >= 4 is 11.3 Å². The average molecular weight is 253 g/mol. The molecule has 0 aliphatic carbocycles. The van der Waals surface area contributed by atoms with Gasteiger partial charge in [-0.3, -0.25) is 4.90 Å². The van der Waals surface area contributed by atoms with Gasteiger partial charge >= 0.3 is 0 Å². The van der Waals surface area contributed by atoms with Crippen LogP contribution in [0.3, 0.4) is 0 Å². The number of rotatable bonds is 4. The van der Waals surface area contributed by atoms with E-state index in [9.17, 15) is 0 Å². The summed E-state index contributed by atoms with van der Waals surface area (Å²) in [6.07, 6.45) is 1.27. The molecule has 1 fully saturated rings. The monoisotopic (exact) mass is 253 g/mol. The smallest absolute Gasteiger partial charge is 0.107 e. The van der Waals surface area contributed by atoms with Crippen molar-refractivity contribution in [2.75, 3.05) is 19.6 Å². The largest absolute Gasteiger partial charge is 0.311 e. The molecule has 2 rings (SSSR count). The molecule has 1 saturated heterocycles. The fraction of sp³-hybridized carbons (Fsp3) is 0.769. The van der Waals surface area contributed by atoms with Gasteiger partial charge < -0.3 is 5.32 Å². The third kappa shape index (κ3) is 4.05. The molecule has 1 aliphatic rings. The van der Waals surface area contributed by atoms with Crippen LogP contribution >= 0.6 is 11.3 Å². The summed E-state index contributed by atoms with van der Waals surface area (Å²) >= 11 is 1.79. The van der Waals surface area contributed by atoms with Gasteiger partial charge in [0.2, 0.25) is 0 Å². The molecule has 0 spiro atoms. The first-order chi connectivity index (χ1) is 8.13. The van der Waals surface area contributed by atoms with E-state index in [4.69, 9.17) is 0 Å². The standard InChI is InChI=1S/C13H23N3S/c1-10(2)6-12-7-16(5-4-14-12)8-13-15-11(3)9-17-13/h9-10,12,14H,4-8H2,1-3H3. The molecule has 1 unspecified atom stereocenters. The minimum Gasteiger partial charge on any atom is -0.311 e. The maximum absolute atomic E-state index is 4.55. The highest BCUT2D eigenvalue weighted by Gasteiger charge is 2.20. The fourth-order valence-electron chi connectivity index (χ4n) is 2.43. The zero-order valence-corrected chi connectivity index (χ0v) is 11.9. The van der Waals surface area contributed by atoms with Crippen molar-refractivity contribution in [3.63, 3.8) is 0 Å². The lowest BCUT2D eigenvalue weighted by molar-refractivity contribution is 0.179. The number of nitrogens with zero attached hydrogens (tertiary/aromatic N) is 2. The van der Waals surface area contributed by atoms with Gasteiger partial charge in [-0.15, -0.1) is 11.3 Å². The predicted octanol–water partition coefficient (Wildman–Crippen LogP) is 2.27. The molecular formula is C13H23N3S. The Bertz CT molecular complexity index is 348. The Hall–Kier alpha value is -0.450. The van der Waals surface area contributed by atoms with Crippen LogP contribution in [-0.2, 0) is 6.54 Å². The second-order valence-electron chi connectivity index (χ2n) is 5.40. The molecule has 1 aromatic heterocycles. The van der Waals surface area contributed by atoms with E-state index in [0.717, 1.165) is 37.8 Å². The first-order valence-corrected chi connectivity index (χ1v) is 7.38. The quantitative estimate of drug-likeness (QED) is 0.892. The van der Waals surface area contributed by atoms with Crippen molar-refractivity contribution in [1.29, 1.82) is 0 Å². The second-order valence-corrected chi connectivity index (χ2v) is 6.34. The van der Waals surface area contributed by atoms with Crippen molar-refractivity contribution in [2.45, 2.75) is 39.8 Å². The Labute approximate surface area is 108 Å². The van der Waals surface area contributed by atoms with Gasteiger partial charge in [0.1, 0.15) is 5.01 Å². The van der Waals surface area contributed by atoms with Crippen LogP contribution in [0, 0.1) is 12.8 Å². The number of aromatic nitrogens is 1. The average Bonchev–Trinajstić information content (AvgIpc) is 2.63. The summed E-state index contributed by atoms with van der Waals surface area (Å²) in [6, 6.07) is 0.657. The van der Waals surface area contributed by atoms with Crippen LogP contribution in [-0.4, -0.2) is 35.6 Å². The fourth-order valence-corrected chi connectivity index (χ4v) is 3.24. The van der Waals surface area contributed by atoms with E-state index in [1.165, 1.54) is 11.4 Å². The van der Waals surface area contributed by atoms with Crippen LogP contribution in [0.4, 0.5) is 0 Å². The lowest BCUT2D eigenvalue weighted by Crippen LogP contribution is -2.50. The Morgan fingerprint density at radius 3 is 3.06 bits per heavy atom. The molecule has 17 heavy (non-hydrogen) atoms. The lowest BCUT2D eigenvalue weighted by atomic mass is 10.0. The van der Waals surface area contributed by atoms with Gasteiger partial charge in [0.05, 0.1) is 6.54 Å². The van der Waals surface area contributed by atoms with E-state index in [1.54, 1.807) is 11.3 Å². The molecular weight excluding hydrogens is 230 g/mol. The molecule has 4 heteroatoms. The first-order valence-electron chi connectivity index (χ1n) is 6.50. The molecule has 96 valence electrons. The van der Waals surface area contributed by atoms with Gasteiger partial charge in [-0.2, -0.15) is 0 Å². The van der Waals surface area contributed by atoms with E-state index >= 15 is 0 Å². The number of hydrogen-bond donors (Lipinski definition) is 1. The third-order valence-corrected chi connectivity index (χ3v) is 4.07. The molecule has 0 bridgehead atoms. The highest BCUT2D eigenvalue weighted by molar-refractivity contribution is 7.09. The van der Waals surface area contributed by atoms with E-state index in [-0.39, 0.29) is 0 Å². The summed E-state index contributed by atoms with van der Waals surface area (Å²) in [6.45, 7) is 11.1. The van der Waals surface area contributed by atoms with Gasteiger partial charge in [0.25, 0.3) is 0 Å². The molecule has 1 aliphatic heterocycles. The van der Waals surface area contributed by atoms with E-state index < -0.39 is 0 Å². The Kier molecular flexibility index (Phi) is 4.54. The molecule has 0 aromatic carbocycles. The predicted molar refractivity (Wildman–Crippen MR) is 73.4 cm³/mol. The van der Waals surface area contributed by atoms with E-state index in [2.05, 4.69) is 41.4 Å². The zero-order chi connectivity index (χ0) is 12.3. The minimum absolute atomic E-state index is 0.657. The lowest BCUT2D eigenvalue weighted by Gasteiger charge is -2.34. The van der Waals surface area contributed by atoms with Crippen molar-refractivity contribution in [2.24, 2.45) is 5.92 Å². The number of nitrogens with one attached hydrogen (secondary N) is 1. The Morgan fingerprint density at radius 1 is 1.59 bits per heavy atom. The number of thiazole rings is 1. The van der Waals surface area contributed by atoms with Crippen molar-refractivity contribution < 1.29 is 0 Å². The van der Waals surface area contributed by atoms with Gasteiger partial charge in [0, 0.05) is 36.8 Å². The highest BCUT2D eigenvalue weighted by atomic mass is 32.1. The molecule has 1 atom stereocenters. The molecule has 1 N–H and O–H groups in total. The summed E-state index contributed by atoms with van der Waals surface area (Å²) in [5, 5.41) is 7.01. The van der Waals surface area contributed by atoms with Crippen molar-refractivity contribution in [3.8, 4) is 0 Å². The summed E-state index contributed by atoms with van der Waals surface area (Å²) in [5.41, 5.74) is 1.15. The van der Waals surface area contributed by atoms with Gasteiger partial charge in [-0.25, -0.2) is 4.98 Å². The molecule has 0 saturated carbocycles. The summed E-state index contributed by atoms with van der Waals surface area (Å²) < 4.78 is 0. The topological polar surface area (TPSA) is 28.2 Å². The summed E-state index contributed by atoms with van der Waals surface area (Å²) in [5.74, 6) is 0.773. The van der Waals surface area contributed by atoms with Crippen LogP contribution in [0.5, 0.6) is 0 Å². The SMILES string of the molecule is Cc1csc(CN2CCNC(CC(C)C)C2)n1. The molecule has 1 aromatic rings. The normalized spacial score (nSPS) is 22.2. The Balaban J connectivity index is 1.85. The van der Waals surface area contributed by atoms with E-state index in [0.29, 0.717) is 6.04 Å². The van der Waals surface area contributed by atoms with Gasteiger partial charge in [0.15, 0.2) is 0 Å². The number of piperazine rings is 1. The maximum Gasteiger partial charge on any atom is 0.107 e. The third-order valence-electron chi connectivity index (χ3n) is 3.12. The van der Waals surface area contributed by atoms with Crippen LogP contribution in [0.1, 0.15) is 31.0 Å².